The molecule has 0 bridgehead atoms. The molecule has 0 spiro atoms. The summed E-state index contributed by atoms with van der Waals surface area (Å²) in [5, 5.41) is 11.4. The van der Waals surface area contributed by atoms with Gasteiger partial charge in [-0.2, -0.15) is 0 Å². The number of ketones is 1. The minimum Gasteiger partial charge on any atom is -0.507 e. The summed E-state index contributed by atoms with van der Waals surface area (Å²) in [7, 11) is 0. The highest BCUT2D eigenvalue weighted by Gasteiger charge is 2.48. The smallest absolute Gasteiger partial charge is 0.300 e. The van der Waals surface area contributed by atoms with Crippen LogP contribution in [-0.2, 0) is 16.0 Å². The molecule has 2 atom stereocenters. The van der Waals surface area contributed by atoms with Crippen LogP contribution >= 0.6 is 0 Å². The van der Waals surface area contributed by atoms with Crippen LogP contribution in [0.2, 0.25) is 0 Å². The Morgan fingerprint density at radius 2 is 1.70 bits per heavy atom. The molecule has 7 heteroatoms. The molecule has 37 heavy (non-hydrogen) atoms. The number of aliphatic hydroxyl groups excluding tert-OH is 1. The third-order valence-corrected chi connectivity index (χ3v) is 7.70. The lowest BCUT2D eigenvalue weighted by Gasteiger charge is -2.32. The average Bonchev–Trinajstić information content (AvgIpc) is 3.62. The Bertz CT molecular complexity index is 1370. The van der Waals surface area contributed by atoms with E-state index in [0.717, 1.165) is 48.8 Å². The van der Waals surface area contributed by atoms with E-state index in [2.05, 4.69) is 11.8 Å². The van der Waals surface area contributed by atoms with Crippen molar-refractivity contribution in [1.29, 1.82) is 0 Å². The lowest BCUT2D eigenvalue weighted by molar-refractivity contribution is -0.132. The first-order valence-electron chi connectivity index (χ1n) is 12.9. The zero-order valence-electron chi connectivity index (χ0n) is 21.0. The quantitative estimate of drug-likeness (QED) is 0.292. The van der Waals surface area contributed by atoms with Gasteiger partial charge in [-0.05, 0) is 85.8 Å². The van der Waals surface area contributed by atoms with Crippen LogP contribution in [0.15, 0.2) is 70.9 Å². The van der Waals surface area contributed by atoms with Gasteiger partial charge < -0.3 is 19.2 Å². The predicted molar refractivity (Wildman–Crippen MR) is 141 cm³/mol. The third kappa shape index (κ3) is 4.08. The van der Waals surface area contributed by atoms with Gasteiger partial charge in [0, 0.05) is 36.4 Å². The summed E-state index contributed by atoms with van der Waals surface area (Å²) < 4.78 is 11.5. The van der Waals surface area contributed by atoms with Gasteiger partial charge in [0.25, 0.3) is 11.7 Å². The van der Waals surface area contributed by atoms with E-state index in [1.807, 2.05) is 37.3 Å². The number of fused-ring (bicyclic) bond motifs is 1. The van der Waals surface area contributed by atoms with Gasteiger partial charge in [0.15, 0.2) is 0 Å². The number of hydrogen-bond acceptors (Lipinski definition) is 6. The van der Waals surface area contributed by atoms with E-state index in [4.69, 9.17) is 9.15 Å². The van der Waals surface area contributed by atoms with E-state index < -0.39 is 17.7 Å². The van der Waals surface area contributed by atoms with Crippen LogP contribution in [0, 0.1) is 5.92 Å². The maximum Gasteiger partial charge on any atom is 0.300 e. The number of anilines is 2. The second-order valence-corrected chi connectivity index (χ2v) is 10.3. The summed E-state index contributed by atoms with van der Waals surface area (Å²) in [6.45, 7) is 6.27. The lowest BCUT2D eigenvalue weighted by atomic mass is 9.97. The first-order chi connectivity index (χ1) is 17.9. The molecular formula is C30H30N2O5. The minimum absolute atomic E-state index is 0.0148. The number of hydrogen-bond donors (Lipinski definition) is 1. The number of benzene rings is 2. The predicted octanol–water partition coefficient (Wildman–Crippen LogP) is 5.47. The fraction of sp³-hybridized carbons (Fsp3) is 0.333. The van der Waals surface area contributed by atoms with Gasteiger partial charge >= 0.3 is 0 Å². The van der Waals surface area contributed by atoms with Gasteiger partial charge in [-0.1, -0.05) is 6.92 Å². The van der Waals surface area contributed by atoms with Crippen LogP contribution in [-0.4, -0.2) is 36.0 Å². The minimum atomic E-state index is -0.875. The highest BCUT2D eigenvalue weighted by molar-refractivity contribution is 6.51. The molecule has 0 aliphatic carbocycles. The van der Waals surface area contributed by atoms with Gasteiger partial charge in [0.2, 0.25) is 0 Å². The zero-order valence-corrected chi connectivity index (χ0v) is 21.0. The fourth-order valence-electron chi connectivity index (χ4n) is 5.63. The molecule has 2 aromatic carbocycles. The Morgan fingerprint density at radius 1 is 0.973 bits per heavy atom. The number of carbonyl (C=O) groups excluding carboxylic acids is 2. The van der Waals surface area contributed by atoms with Crippen LogP contribution < -0.4 is 14.5 Å². The van der Waals surface area contributed by atoms with Crippen molar-refractivity contribution < 1.29 is 23.8 Å². The molecule has 3 aliphatic rings. The highest BCUT2D eigenvalue weighted by Crippen LogP contribution is 2.43. The van der Waals surface area contributed by atoms with Crippen LogP contribution in [0.3, 0.4) is 0 Å². The number of piperidine rings is 1. The van der Waals surface area contributed by atoms with Gasteiger partial charge in [-0.3, -0.25) is 14.5 Å². The number of Topliss-reactive ketones (excluding diaryl/α,β-unsaturated/α-hetero) is 1. The molecule has 1 amide bonds. The molecular weight excluding hydrogens is 468 g/mol. The van der Waals surface area contributed by atoms with Crippen LogP contribution in [0.25, 0.3) is 5.76 Å². The summed E-state index contributed by atoms with van der Waals surface area (Å²) in [5.74, 6) is 0.267. The Labute approximate surface area is 215 Å². The van der Waals surface area contributed by atoms with Crippen molar-refractivity contribution in [3.05, 3.63) is 83.3 Å². The molecule has 1 N–H and O–H groups in total. The van der Waals surface area contributed by atoms with E-state index in [1.165, 1.54) is 11.2 Å². The number of furan rings is 1. The second kappa shape index (κ2) is 9.14. The van der Waals surface area contributed by atoms with Crippen molar-refractivity contribution in [2.24, 2.45) is 5.92 Å². The molecule has 2 saturated heterocycles. The highest BCUT2D eigenvalue weighted by atomic mass is 16.5. The third-order valence-electron chi connectivity index (χ3n) is 7.70. The van der Waals surface area contributed by atoms with E-state index in [-0.39, 0.29) is 17.4 Å². The first kappa shape index (κ1) is 23.4. The average molecular weight is 499 g/mol. The summed E-state index contributed by atoms with van der Waals surface area (Å²) >= 11 is 0. The number of aliphatic hydroxyl groups is 1. The maximum atomic E-state index is 13.4. The van der Waals surface area contributed by atoms with Crippen molar-refractivity contribution in [2.45, 2.75) is 45.3 Å². The van der Waals surface area contributed by atoms with Gasteiger partial charge in [0.1, 0.15) is 29.4 Å². The second-order valence-electron chi connectivity index (χ2n) is 10.3. The normalized spacial score (nSPS) is 23.4. The fourth-order valence-corrected chi connectivity index (χ4v) is 5.63. The van der Waals surface area contributed by atoms with Crippen molar-refractivity contribution in [2.75, 3.05) is 22.9 Å². The van der Waals surface area contributed by atoms with Gasteiger partial charge in [-0.25, -0.2) is 0 Å². The number of ether oxygens (including phenoxy) is 1. The molecule has 0 saturated carbocycles. The van der Waals surface area contributed by atoms with E-state index >= 15 is 0 Å². The summed E-state index contributed by atoms with van der Waals surface area (Å²) in [6.07, 6.45) is 4.58. The molecule has 0 radical (unpaired) electrons. The van der Waals surface area contributed by atoms with E-state index in [0.29, 0.717) is 23.4 Å². The Morgan fingerprint density at radius 3 is 2.41 bits per heavy atom. The topological polar surface area (TPSA) is 83.2 Å². The molecule has 6 rings (SSSR count). The Balaban J connectivity index is 1.38. The Kier molecular flexibility index (Phi) is 5.78. The molecule has 2 fully saturated rings. The van der Waals surface area contributed by atoms with Crippen LogP contribution in [0.5, 0.6) is 5.75 Å². The molecule has 2 unspecified atom stereocenters. The van der Waals surface area contributed by atoms with Crippen LogP contribution in [0.1, 0.15) is 49.6 Å². The number of rotatable bonds is 4. The summed E-state index contributed by atoms with van der Waals surface area (Å²) in [5.41, 5.74) is 3.12. The Hall–Kier alpha value is -4.00. The lowest BCUT2D eigenvalue weighted by Crippen LogP contribution is -2.33. The number of nitrogens with zero attached hydrogens (tertiary/aromatic N) is 2. The molecule has 1 aromatic heterocycles. The number of carbonyl (C=O) groups is 2. The SMILES string of the molecule is CC1CCN(c2ccc(N3C(=O)C(=O)/C(=C(\O)c4ccc5c(c4)CC(C)O5)C3c3ccco3)cc2)CC1. The van der Waals surface area contributed by atoms with Crippen molar-refractivity contribution in [3.8, 4) is 5.75 Å². The zero-order chi connectivity index (χ0) is 25.7. The molecule has 3 aliphatic heterocycles. The van der Waals surface area contributed by atoms with E-state index in [9.17, 15) is 14.7 Å². The van der Waals surface area contributed by atoms with Crippen molar-refractivity contribution in [3.63, 3.8) is 0 Å². The standard InChI is InChI=1S/C30H30N2O5/c1-18-11-13-31(14-12-18)22-6-8-23(9-7-22)32-27(25-4-3-15-36-25)26(29(34)30(32)35)28(33)20-5-10-24-21(17-20)16-19(2)37-24/h3-10,15,17-19,27,33H,11-14,16H2,1-2H3/b28-26-. The molecule has 190 valence electrons. The monoisotopic (exact) mass is 498 g/mol. The summed E-state index contributed by atoms with van der Waals surface area (Å²) in [6, 6.07) is 15.6. The van der Waals surface area contributed by atoms with Crippen LogP contribution in [0.4, 0.5) is 11.4 Å². The molecule has 3 aromatic rings. The maximum absolute atomic E-state index is 13.4. The number of amides is 1. The van der Waals surface area contributed by atoms with Gasteiger partial charge in [-0.15, -0.1) is 0 Å². The molecule has 4 heterocycles. The van der Waals surface area contributed by atoms with E-state index in [1.54, 1.807) is 24.3 Å². The first-order valence-corrected chi connectivity index (χ1v) is 12.9. The molecule has 7 nitrogen and oxygen atoms in total. The van der Waals surface area contributed by atoms with Gasteiger partial charge in [0.05, 0.1) is 11.8 Å². The largest absolute Gasteiger partial charge is 0.507 e. The van der Waals surface area contributed by atoms with Crippen molar-refractivity contribution >= 4 is 28.8 Å². The van der Waals surface area contributed by atoms with Crippen molar-refractivity contribution in [1.82, 2.24) is 0 Å². The summed E-state index contributed by atoms with van der Waals surface area (Å²) in [4.78, 5) is 30.5.